The molecule has 0 saturated heterocycles. The molecule has 20 heavy (non-hydrogen) atoms. The van der Waals surface area contributed by atoms with Gasteiger partial charge in [-0.15, -0.1) is 0 Å². The van der Waals surface area contributed by atoms with Crippen molar-refractivity contribution in [3.8, 4) is 0 Å². The number of amides is 1. The summed E-state index contributed by atoms with van der Waals surface area (Å²) >= 11 is 0. The summed E-state index contributed by atoms with van der Waals surface area (Å²) in [5, 5.41) is 0. The van der Waals surface area contributed by atoms with Gasteiger partial charge in [-0.25, -0.2) is 0 Å². The number of hydrogen-bond acceptors (Lipinski definition) is 3. The standard InChI is InChI=1S/C16H27N3O/c1-16(2,3)13(9-10-17)7-8-15(20)19(4)14-6-5-11-18-12-14/h5-6,11-13H,7-10,17H2,1-4H3. The Kier molecular flexibility index (Phi) is 6.14. The molecular formula is C16H27N3O. The van der Waals surface area contributed by atoms with Gasteiger partial charge in [-0.2, -0.15) is 0 Å². The van der Waals surface area contributed by atoms with E-state index in [0.29, 0.717) is 18.9 Å². The van der Waals surface area contributed by atoms with Crippen molar-refractivity contribution in [3.63, 3.8) is 0 Å². The van der Waals surface area contributed by atoms with E-state index in [2.05, 4.69) is 25.8 Å². The zero-order valence-corrected chi connectivity index (χ0v) is 13.1. The summed E-state index contributed by atoms with van der Waals surface area (Å²) in [6, 6.07) is 3.73. The first-order chi connectivity index (χ1) is 9.36. The SMILES string of the molecule is CN(C(=O)CCC(CCN)C(C)(C)C)c1cccnc1. The van der Waals surface area contributed by atoms with Gasteiger partial charge in [0.15, 0.2) is 0 Å². The zero-order chi connectivity index (χ0) is 15.2. The van der Waals surface area contributed by atoms with Crippen LogP contribution in [0.2, 0.25) is 0 Å². The van der Waals surface area contributed by atoms with Crippen molar-refractivity contribution in [2.24, 2.45) is 17.1 Å². The maximum atomic E-state index is 12.2. The highest BCUT2D eigenvalue weighted by Gasteiger charge is 2.25. The van der Waals surface area contributed by atoms with Crippen molar-refractivity contribution < 1.29 is 4.79 Å². The fourth-order valence-corrected chi connectivity index (χ4v) is 2.37. The lowest BCUT2D eigenvalue weighted by Gasteiger charge is -2.31. The summed E-state index contributed by atoms with van der Waals surface area (Å²) in [4.78, 5) is 18.0. The summed E-state index contributed by atoms with van der Waals surface area (Å²) in [6.07, 6.45) is 5.81. The number of pyridine rings is 1. The van der Waals surface area contributed by atoms with Crippen LogP contribution in [0.3, 0.4) is 0 Å². The lowest BCUT2D eigenvalue weighted by molar-refractivity contribution is -0.118. The molecule has 1 unspecified atom stereocenters. The van der Waals surface area contributed by atoms with E-state index >= 15 is 0 Å². The molecule has 1 amide bonds. The third kappa shape index (κ3) is 4.93. The zero-order valence-electron chi connectivity index (χ0n) is 13.1. The topological polar surface area (TPSA) is 59.2 Å². The lowest BCUT2D eigenvalue weighted by atomic mass is 9.76. The second-order valence-electron chi connectivity index (χ2n) is 6.34. The van der Waals surface area contributed by atoms with E-state index in [0.717, 1.165) is 18.5 Å². The molecule has 0 fully saturated rings. The minimum atomic E-state index is 0.129. The van der Waals surface area contributed by atoms with Crippen LogP contribution >= 0.6 is 0 Å². The lowest BCUT2D eigenvalue weighted by Crippen LogP contribution is -2.29. The average molecular weight is 277 g/mol. The van der Waals surface area contributed by atoms with Gasteiger partial charge in [0.2, 0.25) is 5.91 Å². The Morgan fingerprint density at radius 2 is 2.10 bits per heavy atom. The van der Waals surface area contributed by atoms with E-state index < -0.39 is 0 Å². The van der Waals surface area contributed by atoms with Gasteiger partial charge in [-0.3, -0.25) is 9.78 Å². The molecule has 0 bridgehead atoms. The van der Waals surface area contributed by atoms with E-state index in [1.54, 1.807) is 24.3 Å². The van der Waals surface area contributed by atoms with E-state index in [4.69, 9.17) is 5.73 Å². The summed E-state index contributed by atoms with van der Waals surface area (Å²) in [5.74, 6) is 0.600. The third-order valence-electron chi connectivity index (χ3n) is 3.85. The predicted molar refractivity (Wildman–Crippen MR) is 83.5 cm³/mol. The molecule has 0 aliphatic heterocycles. The number of nitrogens with two attached hydrogens (primary N) is 1. The van der Waals surface area contributed by atoms with Gasteiger partial charge in [-0.1, -0.05) is 20.8 Å². The van der Waals surface area contributed by atoms with Gasteiger partial charge < -0.3 is 10.6 Å². The van der Waals surface area contributed by atoms with E-state index in [-0.39, 0.29) is 11.3 Å². The van der Waals surface area contributed by atoms with E-state index in [9.17, 15) is 4.79 Å². The van der Waals surface area contributed by atoms with Crippen LogP contribution in [0.25, 0.3) is 0 Å². The normalized spacial score (nSPS) is 13.1. The Hall–Kier alpha value is -1.42. The average Bonchev–Trinajstić information content (AvgIpc) is 2.42. The first-order valence-corrected chi connectivity index (χ1v) is 7.23. The number of carbonyl (C=O) groups excluding carboxylic acids is 1. The van der Waals surface area contributed by atoms with Crippen LogP contribution in [0.4, 0.5) is 5.69 Å². The largest absolute Gasteiger partial charge is 0.330 e. The highest BCUT2D eigenvalue weighted by atomic mass is 16.2. The smallest absolute Gasteiger partial charge is 0.226 e. The van der Waals surface area contributed by atoms with Gasteiger partial charge in [0.25, 0.3) is 0 Å². The van der Waals surface area contributed by atoms with Crippen molar-refractivity contribution >= 4 is 11.6 Å². The fraction of sp³-hybridized carbons (Fsp3) is 0.625. The van der Waals surface area contributed by atoms with Crippen molar-refractivity contribution in [1.29, 1.82) is 0 Å². The van der Waals surface area contributed by atoms with Gasteiger partial charge in [0.1, 0.15) is 0 Å². The minimum Gasteiger partial charge on any atom is -0.330 e. The second-order valence-corrected chi connectivity index (χ2v) is 6.34. The maximum absolute atomic E-state index is 12.2. The summed E-state index contributed by atoms with van der Waals surface area (Å²) in [5.41, 5.74) is 6.70. The summed E-state index contributed by atoms with van der Waals surface area (Å²) in [7, 11) is 1.80. The molecule has 1 rings (SSSR count). The number of aromatic nitrogens is 1. The molecule has 0 radical (unpaired) electrons. The highest BCUT2D eigenvalue weighted by Crippen LogP contribution is 2.32. The van der Waals surface area contributed by atoms with Crippen LogP contribution in [-0.4, -0.2) is 24.5 Å². The molecule has 0 spiro atoms. The molecule has 1 aromatic heterocycles. The number of carbonyl (C=O) groups is 1. The van der Waals surface area contributed by atoms with Gasteiger partial charge in [-0.05, 0) is 42.9 Å². The Balaban J connectivity index is 2.57. The van der Waals surface area contributed by atoms with Gasteiger partial charge in [0, 0.05) is 19.7 Å². The predicted octanol–water partition coefficient (Wildman–Crippen LogP) is 2.84. The molecule has 0 saturated carbocycles. The molecule has 2 N–H and O–H groups in total. The van der Waals surface area contributed by atoms with Crippen LogP contribution in [-0.2, 0) is 4.79 Å². The van der Waals surface area contributed by atoms with Gasteiger partial charge >= 0.3 is 0 Å². The maximum Gasteiger partial charge on any atom is 0.226 e. The van der Waals surface area contributed by atoms with Crippen molar-refractivity contribution in [3.05, 3.63) is 24.5 Å². The first kappa shape index (κ1) is 16.6. The highest BCUT2D eigenvalue weighted by molar-refractivity contribution is 5.92. The fourth-order valence-electron chi connectivity index (χ4n) is 2.37. The number of nitrogens with zero attached hydrogens (tertiary/aromatic N) is 2. The molecule has 0 aromatic carbocycles. The van der Waals surface area contributed by atoms with Crippen LogP contribution < -0.4 is 10.6 Å². The Morgan fingerprint density at radius 1 is 1.40 bits per heavy atom. The monoisotopic (exact) mass is 277 g/mol. The van der Waals surface area contributed by atoms with Crippen molar-refractivity contribution in [1.82, 2.24) is 4.98 Å². The molecule has 4 nitrogen and oxygen atoms in total. The first-order valence-electron chi connectivity index (χ1n) is 7.23. The van der Waals surface area contributed by atoms with E-state index in [1.807, 2.05) is 12.1 Å². The van der Waals surface area contributed by atoms with Crippen LogP contribution in [0.1, 0.15) is 40.0 Å². The van der Waals surface area contributed by atoms with Crippen LogP contribution in [0.15, 0.2) is 24.5 Å². The molecule has 1 aromatic rings. The molecule has 1 atom stereocenters. The molecule has 0 aliphatic carbocycles. The molecule has 1 heterocycles. The number of anilines is 1. The molecule has 112 valence electrons. The molecule has 0 aliphatic rings. The van der Waals surface area contributed by atoms with Crippen LogP contribution in [0.5, 0.6) is 0 Å². The Bertz CT molecular complexity index is 411. The van der Waals surface area contributed by atoms with E-state index in [1.165, 1.54) is 0 Å². The summed E-state index contributed by atoms with van der Waals surface area (Å²) < 4.78 is 0. The number of hydrogen-bond donors (Lipinski definition) is 1. The molecular weight excluding hydrogens is 250 g/mol. The summed E-state index contributed by atoms with van der Waals surface area (Å²) in [6.45, 7) is 7.31. The van der Waals surface area contributed by atoms with Gasteiger partial charge in [0.05, 0.1) is 11.9 Å². The van der Waals surface area contributed by atoms with Crippen molar-refractivity contribution in [2.45, 2.75) is 40.0 Å². The van der Waals surface area contributed by atoms with Crippen molar-refractivity contribution in [2.75, 3.05) is 18.5 Å². The molecule has 4 heteroatoms. The Morgan fingerprint density at radius 3 is 2.60 bits per heavy atom. The number of rotatable bonds is 6. The van der Waals surface area contributed by atoms with Crippen LogP contribution in [0, 0.1) is 11.3 Å². The third-order valence-corrected chi connectivity index (χ3v) is 3.85. The minimum absolute atomic E-state index is 0.129. The quantitative estimate of drug-likeness (QED) is 0.869. The Labute approximate surface area is 122 Å². The second kappa shape index (κ2) is 7.39.